The monoisotopic (exact) mass is 301 g/mol. The Bertz CT molecular complexity index is 893. The van der Waals surface area contributed by atoms with Gasteiger partial charge in [0.2, 0.25) is 6.79 Å². The van der Waals surface area contributed by atoms with Crippen molar-refractivity contribution in [3.05, 3.63) is 35.2 Å². The summed E-state index contributed by atoms with van der Waals surface area (Å²) < 4.78 is 23.9. The molecule has 2 aromatic heterocycles. The first kappa shape index (κ1) is 12.8. The number of aromatic nitrogens is 4. The minimum absolute atomic E-state index is 0.0451. The third-order valence-electron chi connectivity index (χ3n) is 3.59. The van der Waals surface area contributed by atoms with Gasteiger partial charge < -0.3 is 20.2 Å². The Hall–Kier alpha value is -2.90. The van der Waals surface area contributed by atoms with Gasteiger partial charge in [-0.3, -0.25) is 0 Å². The van der Waals surface area contributed by atoms with Gasteiger partial charge in [-0.2, -0.15) is 14.4 Å². The number of nitrogens with one attached hydrogen (secondary N) is 1. The van der Waals surface area contributed by atoms with Crippen LogP contribution in [-0.2, 0) is 6.42 Å². The maximum absolute atomic E-state index is 13.2. The largest absolute Gasteiger partial charge is 0.454 e. The van der Waals surface area contributed by atoms with Crippen LogP contribution >= 0.6 is 0 Å². The summed E-state index contributed by atoms with van der Waals surface area (Å²) in [7, 11) is 0. The fraction of sp³-hybridized carbons (Fsp3) is 0.214. The molecule has 0 saturated heterocycles. The van der Waals surface area contributed by atoms with Crippen LogP contribution in [0.3, 0.4) is 0 Å². The van der Waals surface area contributed by atoms with Crippen molar-refractivity contribution in [1.82, 2.24) is 19.9 Å². The van der Waals surface area contributed by atoms with E-state index in [1.54, 1.807) is 0 Å². The van der Waals surface area contributed by atoms with E-state index < -0.39 is 6.08 Å². The number of imidazole rings is 1. The molecular formula is C14H12FN5O2. The van der Waals surface area contributed by atoms with E-state index in [1.165, 1.54) is 0 Å². The van der Waals surface area contributed by atoms with Gasteiger partial charge >= 0.3 is 6.08 Å². The molecule has 0 unspecified atom stereocenters. The number of fused-ring (bicyclic) bond motifs is 2. The molecular weight excluding hydrogens is 289 g/mol. The van der Waals surface area contributed by atoms with Crippen LogP contribution in [0.4, 0.5) is 10.2 Å². The van der Waals surface area contributed by atoms with E-state index in [1.807, 2.05) is 19.1 Å². The number of ether oxygens (including phenoxy) is 2. The van der Waals surface area contributed by atoms with Gasteiger partial charge in [-0.1, -0.05) is 0 Å². The highest BCUT2D eigenvalue weighted by Crippen LogP contribution is 2.35. The number of benzene rings is 1. The van der Waals surface area contributed by atoms with E-state index in [-0.39, 0.29) is 18.3 Å². The SMILES string of the molecule is Cc1cc2c(cc1Cc1nc3nc(F)nc(N)c3[nH]1)OCO2. The molecule has 1 aliphatic rings. The molecule has 0 saturated carbocycles. The number of halogens is 1. The Morgan fingerprint density at radius 3 is 2.82 bits per heavy atom. The molecule has 8 heteroatoms. The number of H-pyrrole nitrogens is 1. The highest BCUT2D eigenvalue weighted by molar-refractivity contribution is 5.81. The average molecular weight is 301 g/mol. The quantitative estimate of drug-likeness (QED) is 0.699. The third-order valence-corrected chi connectivity index (χ3v) is 3.59. The van der Waals surface area contributed by atoms with Gasteiger partial charge in [0.25, 0.3) is 0 Å². The van der Waals surface area contributed by atoms with Crippen molar-refractivity contribution in [2.24, 2.45) is 0 Å². The normalized spacial score (nSPS) is 13.0. The first-order valence-corrected chi connectivity index (χ1v) is 6.67. The molecule has 3 N–H and O–H groups in total. The van der Waals surface area contributed by atoms with E-state index in [2.05, 4.69) is 19.9 Å². The summed E-state index contributed by atoms with van der Waals surface area (Å²) >= 11 is 0. The molecule has 0 aliphatic carbocycles. The second-order valence-electron chi connectivity index (χ2n) is 5.07. The molecule has 7 nitrogen and oxygen atoms in total. The zero-order valence-electron chi connectivity index (χ0n) is 11.7. The summed E-state index contributed by atoms with van der Waals surface area (Å²) in [6.07, 6.45) is -0.373. The van der Waals surface area contributed by atoms with E-state index in [0.717, 1.165) is 16.9 Å². The summed E-state index contributed by atoms with van der Waals surface area (Å²) in [5.74, 6) is 2.12. The summed E-state index contributed by atoms with van der Waals surface area (Å²) in [5, 5.41) is 0. The first-order chi connectivity index (χ1) is 10.6. The molecule has 112 valence electrons. The lowest BCUT2D eigenvalue weighted by molar-refractivity contribution is 0.174. The highest BCUT2D eigenvalue weighted by atomic mass is 19.1. The number of anilines is 1. The molecule has 0 radical (unpaired) electrons. The van der Waals surface area contributed by atoms with Crippen LogP contribution in [-0.4, -0.2) is 26.7 Å². The molecule has 1 aromatic carbocycles. The molecule has 3 heterocycles. The Labute approximate surface area is 124 Å². The summed E-state index contributed by atoms with van der Waals surface area (Å²) in [6.45, 7) is 2.21. The van der Waals surface area contributed by atoms with Crippen molar-refractivity contribution in [3.63, 3.8) is 0 Å². The molecule has 0 spiro atoms. The van der Waals surface area contributed by atoms with Crippen LogP contribution in [0.25, 0.3) is 11.2 Å². The average Bonchev–Trinajstić information content (AvgIpc) is 3.05. The smallest absolute Gasteiger partial charge is 0.312 e. The van der Waals surface area contributed by atoms with Gasteiger partial charge in [-0.15, -0.1) is 0 Å². The van der Waals surface area contributed by atoms with Gasteiger partial charge in [0, 0.05) is 6.42 Å². The van der Waals surface area contributed by atoms with Gasteiger partial charge in [-0.05, 0) is 30.2 Å². The molecule has 0 atom stereocenters. The van der Waals surface area contributed by atoms with Crippen molar-refractivity contribution >= 4 is 17.0 Å². The zero-order valence-corrected chi connectivity index (χ0v) is 11.7. The minimum Gasteiger partial charge on any atom is -0.454 e. The van der Waals surface area contributed by atoms with Crippen molar-refractivity contribution in [3.8, 4) is 11.5 Å². The van der Waals surface area contributed by atoms with Gasteiger partial charge in [0.05, 0.1) is 0 Å². The molecule has 1 aliphatic heterocycles. The topological polar surface area (TPSA) is 98.9 Å². The first-order valence-electron chi connectivity index (χ1n) is 6.67. The van der Waals surface area contributed by atoms with Gasteiger partial charge in [-0.25, -0.2) is 4.98 Å². The van der Waals surface area contributed by atoms with Gasteiger partial charge in [0.15, 0.2) is 23.0 Å². The lowest BCUT2D eigenvalue weighted by Crippen LogP contribution is -1.97. The predicted octanol–water partition coefficient (Wildman–Crippen LogP) is 1.70. The Balaban J connectivity index is 1.73. The molecule has 3 aromatic rings. The number of nitrogen functional groups attached to an aromatic ring is 1. The third kappa shape index (κ3) is 2.00. The second kappa shape index (κ2) is 4.55. The second-order valence-corrected chi connectivity index (χ2v) is 5.07. The van der Waals surface area contributed by atoms with E-state index in [9.17, 15) is 4.39 Å². The Morgan fingerprint density at radius 2 is 2.00 bits per heavy atom. The van der Waals surface area contributed by atoms with Crippen LogP contribution in [0.2, 0.25) is 0 Å². The summed E-state index contributed by atoms with van der Waals surface area (Å²) in [4.78, 5) is 14.4. The number of aryl methyl sites for hydroxylation is 1. The lowest BCUT2D eigenvalue weighted by Gasteiger charge is -2.05. The number of rotatable bonds is 2. The number of aromatic amines is 1. The maximum atomic E-state index is 13.2. The highest BCUT2D eigenvalue weighted by Gasteiger charge is 2.17. The number of nitrogens with two attached hydrogens (primary N) is 1. The summed E-state index contributed by atoms with van der Waals surface area (Å²) in [6, 6.07) is 3.84. The fourth-order valence-corrected chi connectivity index (χ4v) is 2.48. The van der Waals surface area contributed by atoms with Gasteiger partial charge in [0.1, 0.15) is 11.3 Å². The van der Waals surface area contributed by atoms with Crippen molar-refractivity contribution in [2.45, 2.75) is 13.3 Å². The van der Waals surface area contributed by atoms with Crippen LogP contribution in [0.1, 0.15) is 17.0 Å². The molecule has 0 amide bonds. The van der Waals surface area contributed by atoms with Crippen LogP contribution in [0, 0.1) is 13.0 Å². The van der Waals surface area contributed by atoms with Crippen LogP contribution in [0.15, 0.2) is 12.1 Å². The number of hydrogen-bond acceptors (Lipinski definition) is 6. The van der Waals surface area contributed by atoms with Crippen molar-refractivity contribution in [1.29, 1.82) is 0 Å². The fourth-order valence-electron chi connectivity index (χ4n) is 2.48. The standard InChI is InChI=1S/C14H12FN5O2/c1-6-2-8-9(22-5-21-8)3-7(6)4-10-17-11-12(16)19-14(15)20-13(11)18-10/h2-3H,4-5H2,1H3,(H3,16,17,18,19,20). The summed E-state index contributed by atoms with van der Waals surface area (Å²) in [5.41, 5.74) is 8.40. The molecule has 22 heavy (non-hydrogen) atoms. The van der Waals surface area contributed by atoms with Crippen LogP contribution < -0.4 is 15.2 Å². The maximum Gasteiger partial charge on any atom is 0.312 e. The number of hydrogen-bond donors (Lipinski definition) is 2. The predicted molar refractivity (Wildman–Crippen MR) is 76.2 cm³/mol. The van der Waals surface area contributed by atoms with Crippen molar-refractivity contribution < 1.29 is 13.9 Å². The number of nitrogens with zero attached hydrogens (tertiary/aromatic N) is 3. The zero-order chi connectivity index (χ0) is 15.3. The van der Waals surface area contributed by atoms with Crippen LogP contribution in [0.5, 0.6) is 11.5 Å². The molecule has 0 fully saturated rings. The lowest BCUT2D eigenvalue weighted by atomic mass is 10.0. The van der Waals surface area contributed by atoms with Crippen molar-refractivity contribution in [2.75, 3.05) is 12.5 Å². The molecule has 4 rings (SSSR count). The Kier molecular flexibility index (Phi) is 2.65. The molecule has 0 bridgehead atoms. The Morgan fingerprint density at radius 1 is 1.23 bits per heavy atom. The van der Waals surface area contributed by atoms with E-state index in [0.29, 0.717) is 23.5 Å². The van der Waals surface area contributed by atoms with E-state index >= 15 is 0 Å². The minimum atomic E-state index is -0.887. The van der Waals surface area contributed by atoms with E-state index in [4.69, 9.17) is 15.2 Å².